The number of fused-ring (bicyclic) bond motifs is 3. The number of halogens is 1. The lowest BCUT2D eigenvalue weighted by Gasteiger charge is -2.18. The number of anilines is 1. The molecule has 2 aromatic heterocycles. The van der Waals surface area contributed by atoms with Crippen LogP contribution in [-0.4, -0.2) is 40.8 Å². The zero-order chi connectivity index (χ0) is 22.6. The highest BCUT2D eigenvalue weighted by Gasteiger charge is 2.41. The van der Waals surface area contributed by atoms with Crippen LogP contribution in [0.1, 0.15) is 26.4 Å². The first-order chi connectivity index (χ1) is 15.5. The lowest BCUT2D eigenvalue weighted by Crippen LogP contribution is -2.29. The van der Waals surface area contributed by atoms with Crippen molar-refractivity contribution in [3.05, 3.63) is 71.3 Å². The Kier molecular flexibility index (Phi) is 4.40. The summed E-state index contributed by atoms with van der Waals surface area (Å²) >= 11 is 0. The highest BCUT2D eigenvalue weighted by molar-refractivity contribution is 6.37. The van der Waals surface area contributed by atoms with E-state index in [0.29, 0.717) is 22.6 Å². The van der Waals surface area contributed by atoms with Crippen molar-refractivity contribution in [1.29, 1.82) is 0 Å². The number of carbonyl (C=O) groups is 2. The molecule has 0 N–H and O–H groups in total. The van der Waals surface area contributed by atoms with Crippen molar-refractivity contribution in [2.24, 2.45) is 0 Å². The highest BCUT2D eigenvalue weighted by Crippen LogP contribution is 2.39. The average molecular weight is 432 g/mol. The smallest absolute Gasteiger partial charge is 0.267 e. The van der Waals surface area contributed by atoms with Gasteiger partial charge in [-0.15, -0.1) is 0 Å². The second-order valence-electron chi connectivity index (χ2n) is 7.18. The van der Waals surface area contributed by atoms with Crippen LogP contribution in [0.25, 0.3) is 16.7 Å². The average Bonchev–Trinajstić information content (AvgIpc) is 3.27. The fourth-order valence-electron chi connectivity index (χ4n) is 3.94. The molecular weight excluding hydrogens is 415 g/mol. The Labute approximate surface area is 181 Å². The number of carbonyl (C=O) groups excluding carboxylic acids is 2. The first-order valence-corrected chi connectivity index (χ1v) is 9.70. The van der Waals surface area contributed by atoms with Crippen LogP contribution in [0.15, 0.2) is 48.7 Å². The number of benzene rings is 2. The maximum atomic E-state index is 14.4. The number of amides is 2. The van der Waals surface area contributed by atoms with Crippen molar-refractivity contribution in [3.63, 3.8) is 0 Å². The van der Waals surface area contributed by atoms with Crippen LogP contribution < -0.4 is 14.4 Å². The van der Waals surface area contributed by atoms with Crippen LogP contribution in [0.2, 0.25) is 0 Å². The SMILES string of the molecule is COc1ccc(OC)c(N2C(=O)c3cnc4c(c(C)nn4-c4ccccc4F)c3C2=O)c1. The maximum Gasteiger partial charge on any atom is 0.267 e. The number of rotatable bonds is 4. The Morgan fingerprint density at radius 1 is 0.969 bits per heavy atom. The van der Waals surface area contributed by atoms with Crippen molar-refractivity contribution < 1.29 is 23.5 Å². The van der Waals surface area contributed by atoms with Gasteiger partial charge in [0.25, 0.3) is 11.8 Å². The number of pyridine rings is 1. The molecule has 2 amide bonds. The molecule has 0 saturated heterocycles. The van der Waals surface area contributed by atoms with E-state index in [9.17, 15) is 14.0 Å². The Morgan fingerprint density at radius 2 is 1.75 bits per heavy atom. The number of methoxy groups -OCH3 is 2. The number of aromatic nitrogens is 3. The largest absolute Gasteiger partial charge is 0.497 e. The molecule has 0 atom stereocenters. The van der Waals surface area contributed by atoms with Crippen LogP contribution in [0.4, 0.5) is 10.1 Å². The van der Waals surface area contributed by atoms with Gasteiger partial charge in [0.1, 0.15) is 23.0 Å². The van der Waals surface area contributed by atoms with Crippen LogP contribution in [0, 0.1) is 12.7 Å². The number of aryl methyl sites for hydroxylation is 1. The molecule has 0 fully saturated rings. The molecule has 0 spiro atoms. The van der Waals surface area contributed by atoms with E-state index in [1.807, 2.05) is 0 Å². The highest BCUT2D eigenvalue weighted by atomic mass is 19.1. The summed E-state index contributed by atoms with van der Waals surface area (Å²) in [5.41, 5.74) is 1.50. The number of ether oxygens (including phenoxy) is 2. The van der Waals surface area contributed by atoms with Crippen molar-refractivity contribution in [3.8, 4) is 17.2 Å². The maximum absolute atomic E-state index is 14.4. The van der Waals surface area contributed by atoms with Crippen molar-refractivity contribution >= 4 is 28.5 Å². The quantitative estimate of drug-likeness (QED) is 0.457. The Hall–Kier alpha value is -4.27. The summed E-state index contributed by atoms with van der Waals surface area (Å²) in [6.45, 7) is 1.69. The predicted molar refractivity (Wildman–Crippen MR) is 114 cm³/mol. The molecular formula is C23H17FN4O4. The van der Waals surface area contributed by atoms with Gasteiger partial charge in [-0.3, -0.25) is 9.59 Å². The van der Waals surface area contributed by atoms with Crippen LogP contribution in [0.5, 0.6) is 11.5 Å². The van der Waals surface area contributed by atoms with Crippen LogP contribution >= 0.6 is 0 Å². The standard InChI is InChI=1S/C23H17FN4O4/c1-12-19-20-14(11-25-21(19)28(26-12)16-7-5-4-6-15(16)24)22(29)27(23(20)30)17-10-13(31-2)8-9-18(17)32-3/h4-11H,1-3H3. The molecule has 3 heterocycles. The van der Waals surface area contributed by atoms with Gasteiger partial charge in [-0.1, -0.05) is 12.1 Å². The number of imide groups is 1. The summed E-state index contributed by atoms with van der Waals surface area (Å²) in [5, 5.41) is 4.80. The zero-order valence-electron chi connectivity index (χ0n) is 17.4. The second kappa shape index (κ2) is 7.16. The van der Waals surface area contributed by atoms with Crippen LogP contribution in [-0.2, 0) is 0 Å². The van der Waals surface area contributed by atoms with E-state index < -0.39 is 17.6 Å². The van der Waals surface area contributed by atoms with Crippen molar-refractivity contribution in [1.82, 2.24) is 14.8 Å². The summed E-state index contributed by atoms with van der Waals surface area (Å²) in [4.78, 5) is 32.2. The summed E-state index contributed by atoms with van der Waals surface area (Å²) in [6, 6.07) is 11.0. The van der Waals surface area contributed by atoms with E-state index in [2.05, 4.69) is 10.1 Å². The lowest BCUT2D eigenvalue weighted by molar-refractivity contribution is 0.0925. The summed E-state index contributed by atoms with van der Waals surface area (Å²) in [5.74, 6) is -0.763. The molecule has 4 aromatic rings. The number of hydrogen-bond acceptors (Lipinski definition) is 6. The van der Waals surface area contributed by atoms with Gasteiger partial charge in [-0.05, 0) is 31.2 Å². The van der Waals surface area contributed by atoms with Gasteiger partial charge in [-0.2, -0.15) is 5.10 Å². The number of hydrogen-bond donors (Lipinski definition) is 0. The monoisotopic (exact) mass is 432 g/mol. The molecule has 0 bridgehead atoms. The third-order valence-electron chi connectivity index (χ3n) is 5.43. The van der Waals surface area contributed by atoms with Crippen LogP contribution in [0.3, 0.4) is 0 Å². The van der Waals surface area contributed by atoms with Gasteiger partial charge in [0.2, 0.25) is 0 Å². The molecule has 5 rings (SSSR count). The predicted octanol–water partition coefficient (Wildman–Crippen LogP) is 3.69. The first-order valence-electron chi connectivity index (χ1n) is 9.70. The van der Waals surface area contributed by atoms with E-state index in [4.69, 9.17) is 9.47 Å². The van der Waals surface area contributed by atoms with Gasteiger partial charge in [-0.25, -0.2) is 19.0 Å². The molecule has 9 heteroatoms. The normalized spacial score (nSPS) is 13.1. The summed E-state index contributed by atoms with van der Waals surface area (Å²) < 4.78 is 26.4. The summed E-state index contributed by atoms with van der Waals surface area (Å²) in [6.07, 6.45) is 1.32. The first kappa shape index (κ1) is 19.7. The van der Waals surface area contributed by atoms with Gasteiger partial charge in [0, 0.05) is 12.3 Å². The Morgan fingerprint density at radius 3 is 2.47 bits per heavy atom. The Balaban J connectivity index is 1.72. The molecule has 8 nitrogen and oxygen atoms in total. The van der Waals surface area contributed by atoms with Gasteiger partial charge in [0.05, 0.1) is 42.1 Å². The molecule has 1 aliphatic heterocycles. The van der Waals surface area contributed by atoms with E-state index in [1.165, 1.54) is 31.2 Å². The molecule has 160 valence electrons. The molecule has 32 heavy (non-hydrogen) atoms. The molecule has 0 radical (unpaired) electrons. The molecule has 0 unspecified atom stereocenters. The van der Waals surface area contributed by atoms with Gasteiger partial charge < -0.3 is 9.47 Å². The topological polar surface area (TPSA) is 86.6 Å². The Bertz CT molecular complexity index is 1430. The fourth-order valence-corrected chi connectivity index (χ4v) is 3.94. The minimum Gasteiger partial charge on any atom is -0.497 e. The summed E-state index contributed by atoms with van der Waals surface area (Å²) in [7, 11) is 2.94. The number of para-hydroxylation sites is 1. The van der Waals surface area contributed by atoms with E-state index >= 15 is 0 Å². The molecule has 2 aromatic carbocycles. The third kappa shape index (κ3) is 2.67. The van der Waals surface area contributed by atoms with Gasteiger partial charge in [0.15, 0.2) is 5.65 Å². The number of nitrogens with zero attached hydrogens (tertiary/aromatic N) is 4. The minimum absolute atomic E-state index is 0.142. The molecule has 0 saturated carbocycles. The lowest BCUT2D eigenvalue weighted by atomic mass is 10.1. The second-order valence-corrected chi connectivity index (χ2v) is 7.18. The van der Waals surface area contributed by atoms with Crippen molar-refractivity contribution in [2.75, 3.05) is 19.1 Å². The van der Waals surface area contributed by atoms with E-state index in [0.717, 1.165) is 4.90 Å². The third-order valence-corrected chi connectivity index (χ3v) is 5.43. The van der Waals surface area contributed by atoms with E-state index in [1.54, 1.807) is 43.3 Å². The molecule has 0 aliphatic carbocycles. The van der Waals surface area contributed by atoms with Crippen molar-refractivity contribution in [2.45, 2.75) is 6.92 Å². The van der Waals surface area contributed by atoms with Gasteiger partial charge >= 0.3 is 0 Å². The molecule has 1 aliphatic rings. The van der Waals surface area contributed by atoms with E-state index in [-0.39, 0.29) is 28.1 Å². The fraction of sp³-hybridized carbons (Fsp3) is 0.130. The minimum atomic E-state index is -0.542. The zero-order valence-corrected chi connectivity index (χ0v) is 17.4.